The molecule has 0 spiro atoms. The molecule has 3 aromatic heterocycles. The number of benzene rings is 1. The van der Waals surface area contributed by atoms with E-state index in [1.807, 2.05) is 53.9 Å². The van der Waals surface area contributed by atoms with Crippen molar-refractivity contribution in [3.05, 3.63) is 86.8 Å². The van der Waals surface area contributed by atoms with E-state index in [4.69, 9.17) is 0 Å². The number of aromatic nitrogens is 3. The standard InChI is InChI=1S/C30H30N4O4S/c1-15-9-8-14-33-17(3)22(32-27(15)33)24(36)21-23(19-10-12-20(13-11-19)30(5,6)7)34(28(38)25(21)37)29-31-16(2)26(39-29)18(4)35/h8-14,23,36H,1-7H3/b24-21+. The van der Waals surface area contributed by atoms with E-state index in [1.165, 1.54) is 11.8 Å². The number of pyridine rings is 1. The first-order valence-corrected chi connectivity index (χ1v) is 13.5. The van der Waals surface area contributed by atoms with Crippen molar-refractivity contribution in [2.75, 3.05) is 4.90 Å². The van der Waals surface area contributed by atoms with Gasteiger partial charge in [-0.05, 0) is 48.9 Å². The first-order valence-electron chi connectivity index (χ1n) is 12.7. The first-order chi connectivity index (χ1) is 18.3. The number of Topliss-reactive ketones (excluding diaryl/α,β-unsaturated/α-hetero) is 2. The smallest absolute Gasteiger partial charge is 0.301 e. The molecule has 1 atom stereocenters. The second-order valence-corrected chi connectivity index (χ2v) is 11.9. The zero-order valence-electron chi connectivity index (χ0n) is 23.0. The number of rotatable bonds is 4. The topological polar surface area (TPSA) is 105 Å². The van der Waals surface area contributed by atoms with Gasteiger partial charge in [-0.3, -0.25) is 19.3 Å². The minimum atomic E-state index is -0.949. The molecule has 1 unspecified atom stereocenters. The molecule has 4 aromatic rings. The molecule has 1 fully saturated rings. The van der Waals surface area contributed by atoms with Gasteiger partial charge in [0, 0.05) is 13.1 Å². The summed E-state index contributed by atoms with van der Waals surface area (Å²) in [5, 5.41) is 11.9. The van der Waals surface area contributed by atoms with Crippen molar-refractivity contribution in [1.29, 1.82) is 0 Å². The molecule has 4 heterocycles. The third kappa shape index (κ3) is 4.27. The number of anilines is 1. The maximum absolute atomic E-state index is 13.6. The molecule has 200 valence electrons. The first kappa shape index (κ1) is 26.5. The molecule has 1 N–H and O–H groups in total. The summed E-state index contributed by atoms with van der Waals surface area (Å²) in [5.41, 5.74) is 4.47. The molecule has 1 saturated heterocycles. The predicted molar refractivity (Wildman–Crippen MR) is 151 cm³/mol. The van der Waals surface area contributed by atoms with E-state index in [9.17, 15) is 19.5 Å². The summed E-state index contributed by atoms with van der Waals surface area (Å²) < 4.78 is 1.84. The van der Waals surface area contributed by atoms with Crippen molar-refractivity contribution >= 4 is 45.3 Å². The highest BCUT2D eigenvalue weighted by atomic mass is 32.1. The number of nitrogens with zero attached hydrogens (tertiary/aromatic N) is 4. The van der Waals surface area contributed by atoms with E-state index in [0.29, 0.717) is 27.5 Å². The van der Waals surface area contributed by atoms with Gasteiger partial charge in [-0.25, -0.2) is 9.97 Å². The monoisotopic (exact) mass is 542 g/mol. The Kier molecular flexibility index (Phi) is 6.30. The second-order valence-electron chi connectivity index (χ2n) is 10.9. The van der Waals surface area contributed by atoms with E-state index in [-0.39, 0.29) is 33.4 Å². The van der Waals surface area contributed by atoms with E-state index >= 15 is 0 Å². The van der Waals surface area contributed by atoms with Crippen molar-refractivity contribution in [1.82, 2.24) is 14.4 Å². The highest BCUT2D eigenvalue weighted by molar-refractivity contribution is 7.18. The lowest BCUT2D eigenvalue weighted by Crippen LogP contribution is -2.29. The van der Waals surface area contributed by atoms with Gasteiger partial charge in [0.05, 0.1) is 27.9 Å². The van der Waals surface area contributed by atoms with Gasteiger partial charge < -0.3 is 9.51 Å². The lowest BCUT2D eigenvalue weighted by Gasteiger charge is -2.24. The zero-order valence-corrected chi connectivity index (χ0v) is 23.8. The van der Waals surface area contributed by atoms with E-state index in [2.05, 4.69) is 30.7 Å². The lowest BCUT2D eigenvalue weighted by molar-refractivity contribution is -0.132. The molecule has 0 radical (unpaired) electrons. The van der Waals surface area contributed by atoms with Gasteiger partial charge in [0.15, 0.2) is 16.7 Å². The third-order valence-electron chi connectivity index (χ3n) is 7.16. The molecule has 1 aliphatic heterocycles. The van der Waals surface area contributed by atoms with Crippen LogP contribution in [0.1, 0.15) is 77.2 Å². The van der Waals surface area contributed by atoms with Crippen LogP contribution in [0.4, 0.5) is 5.13 Å². The van der Waals surface area contributed by atoms with Gasteiger partial charge >= 0.3 is 5.91 Å². The van der Waals surface area contributed by atoms with Gasteiger partial charge in [0.1, 0.15) is 11.3 Å². The molecule has 0 aliphatic carbocycles. The van der Waals surface area contributed by atoms with Crippen LogP contribution in [-0.4, -0.2) is 36.9 Å². The fourth-order valence-electron chi connectivity index (χ4n) is 5.00. The molecule has 5 rings (SSSR count). The second kappa shape index (κ2) is 9.27. The quantitative estimate of drug-likeness (QED) is 0.150. The molecule has 0 saturated carbocycles. The maximum Gasteiger partial charge on any atom is 0.301 e. The highest BCUT2D eigenvalue weighted by Gasteiger charge is 2.49. The molecular formula is C30H30N4O4S. The SMILES string of the molecule is CC(=O)c1sc(N2C(=O)C(=O)/C(=C(/O)c3nc4c(C)cccn4c3C)C2c2ccc(C(C)(C)C)cc2)nc1C. The Hall–Kier alpha value is -4.11. The zero-order chi connectivity index (χ0) is 28.4. The van der Waals surface area contributed by atoms with Gasteiger partial charge in [-0.1, -0.05) is 62.4 Å². The van der Waals surface area contributed by atoms with Gasteiger partial charge in [-0.15, -0.1) is 0 Å². The number of carbonyl (C=O) groups excluding carboxylic acids is 3. The number of imidazole rings is 1. The number of thiazole rings is 1. The predicted octanol–water partition coefficient (Wildman–Crippen LogP) is 5.84. The number of amides is 1. The maximum atomic E-state index is 13.6. The summed E-state index contributed by atoms with van der Waals surface area (Å²) in [6, 6.07) is 10.5. The summed E-state index contributed by atoms with van der Waals surface area (Å²) in [6.07, 6.45) is 1.84. The largest absolute Gasteiger partial charge is 0.505 e. The average molecular weight is 543 g/mol. The summed E-state index contributed by atoms with van der Waals surface area (Å²) in [6.45, 7) is 13.2. The molecule has 1 amide bonds. The van der Waals surface area contributed by atoms with Crippen LogP contribution in [0.2, 0.25) is 0 Å². The number of aryl methyl sites for hydroxylation is 3. The molecule has 8 nitrogen and oxygen atoms in total. The summed E-state index contributed by atoms with van der Waals surface area (Å²) in [5.74, 6) is -2.17. The molecule has 1 aliphatic rings. The Balaban J connectivity index is 1.76. The average Bonchev–Trinajstić information content (AvgIpc) is 3.51. The number of carbonyl (C=O) groups is 3. The number of hydrogen-bond acceptors (Lipinski definition) is 7. The van der Waals surface area contributed by atoms with E-state index < -0.39 is 17.7 Å². The molecule has 0 bridgehead atoms. The van der Waals surface area contributed by atoms with Crippen LogP contribution >= 0.6 is 11.3 Å². The third-order valence-corrected chi connectivity index (χ3v) is 8.41. The number of aliphatic hydroxyl groups excluding tert-OH is 1. The Morgan fingerprint density at radius 3 is 2.26 bits per heavy atom. The molecular weight excluding hydrogens is 512 g/mol. The minimum absolute atomic E-state index is 0.0649. The van der Waals surface area contributed by atoms with Crippen LogP contribution < -0.4 is 4.90 Å². The lowest BCUT2D eigenvalue weighted by atomic mass is 9.85. The van der Waals surface area contributed by atoms with Crippen LogP contribution in [0.25, 0.3) is 11.4 Å². The minimum Gasteiger partial charge on any atom is -0.505 e. The summed E-state index contributed by atoms with van der Waals surface area (Å²) >= 11 is 1.06. The van der Waals surface area contributed by atoms with Crippen LogP contribution in [0.3, 0.4) is 0 Å². The van der Waals surface area contributed by atoms with Crippen LogP contribution in [0, 0.1) is 20.8 Å². The summed E-state index contributed by atoms with van der Waals surface area (Å²) in [4.78, 5) is 50.2. The molecule has 1 aromatic carbocycles. The van der Waals surface area contributed by atoms with Crippen molar-refractivity contribution in [2.24, 2.45) is 0 Å². The van der Waals surface area contributed by atoms with Crippen LogP contribution in [-0.2, 0) is 15.0 Å². The number of aliphatic hydroxyl groups is 1. The Labute approximate surface area is 230 Å². The van der Waals surface area contributed by atoms with Crippen LogP contribution in [0.5, 0.6) is 0 Å². The van der Waals surface area contributed by atoms with Crippen LogP contribution in [0.15, 0.2) is 48.2 Å². The fraction of sp³-hybridized carbons (Fsp3) is 0.300. The van der Waals surface area contributed by atoms with E-state index in [0.717, 1.165) is 22.5 Å². The van der Waals surface area contributed by atoms with Crippen molar-refractivity contribution in [3.8, 4) is 0 Å². The highest BCUT2D eigenvalue weighted by Crippen LogP contribution is 2.44. The molecule has 39 heavy (non-hydrogen) atoms. The summed E-state index contributed by atoms with van der Waals surface area (Å²) in [7, 11) is 0. The number of ketones is 2. The van der Waals surface area contributed by atoms with Crippen molar-refractivity contribution in [3.63, 3.8) is 0 Å². The Bertz CT molecular complexity index is 1700. The van der Waals surface area contributed by atoms with E-state index in [1.54, 1.807) is 13.8 Å². The van der Waals surface area contributed by atoms with Gasteiger partial charge in [0.25, 0.3) is 5.78 Å². The molecule has 9 heteroatoms. The number of hydrogen-bond donors (Lipinski definition) is 1. The van der Waals surface area contributed by atoms with Crippen molar-refractivity contribution < 1.29 is 19.5 Å². The Morgan fingerprint density at radius 1 is 1.03 bits per heavy atom. The normalized spacial score (nSPS) is 17.4. The number of fused-ring (bicyclic) bond motifs is 1. The van der Waals surface area contributed by atoms with Gasteiger partial charge in [0.2, 0.25) is 0 Å². The van der Waals surface area contributed by atoms with Gasteiger partial charge in [-0.2, -0.15) is 0 Å². The van der Waals surface area contributed by atoms with Crippen molar-refractivity contribution in [2.45, 2.75) is 59.9 Å². The Morgan fingerprint density at radius 2 is 1.69 bits per heavy atom. The fourth-order valence-corrected chi connectivity index (χ4v) is 5.99.